The van der Waals surface area contributed by atoms with Gasteiger partial charge >= 0.3 is 5.97 Å². The minimum absolute atomic E-state index is 0.249. The van der Waals surface area contributed by atoms with Crippen LogP contribution in [0.15, 0.2) is 9.79 Å². The summed E-state index contributed by atoms with van der Waals surface area (Å²) in [4.78, 5) is 37.2. The molecule has 1 saturated carbocycles. The van der Waals surface area contributed by atoms with Crippen molar-refractivity contribution in [2.45, 2.75) is 51.3 Å². The van der Waals surface area contributed by atoms with E-state index in [2.05, 4.69) is 15.0 Å². The molecule has 0 atom stereocenters. The first-order valence-electron chi connectivity index (χ1n) is 8.65. The Balaban J connectivity index is 1.79. The number of aromatic nitrogens is 2. The average Bonchev–Trinajstić information content (AvgIpc) is 3.21. The predicted molar refractivity (Wildman–Crippen MR) is 106 cm³/mol. The molecular weight excluding hydrogens is 372 g/mol. The van der Waals surface area contributed by atoms with E-state index in [9.17, 15) is 9.59 Å². The van der Waals surface area contributed by atoms with E-state index in [4.69, 9.17) is 10.5 Å². The summed E-state index contributed by atoms with van der Waals surface area (Å²) >= 11 is 2.55. The molecule has 0 bridgehead atoms. The van der Waals surface area contributed by atoms with Gasteiger partial charge in [-0.1, -0.05) is 24.6 Å². The fourth-order valence-corrected chi connectivity index (χ4v) is 4.78. The van der Waals surface area contributed by atoms with Gasteiger partial charge in [-0.3, -0.25) is 9.79 Å². The highest BCUT2D eigenvalue weighted by Gasteiger charge is 2.20. The van der Waals surface area contributed by atoms with Crippen LogP contribution in [0.1, 0.15) is 53.7 Å². The highest BCUT2D eigenvalue weighted by Crippen LogP contribution is 2.28. The third kappa shape index (κ3) is 4.09. The van der Waals surface area contributed by atoms with Crippen molar-refractivity contribution in [3.8, 4) is 0 Å². The summed E-state index contributed by atoms with van der Waals surface area (Å²) in [7, 11) is 0. The van der Waals surface area contributed by atoms with Gasteiger partial charge in [0.25, 0.3) is 5.56 Å². The van der Waals surface area contributed by atoms with Crippen LogP contribution in [0.5, 0.6) is 0 Å². The normalized spacial score (nSPS) is 15.7. The summed E-state index contributed by atoms with van der Waals surface area (Å²) in [6.45, 7) is 3.78. The topological polar surface area (TPSA) is 110 Å². The lowest BCUT2D eigenvalue weighted by Gasteiger charge is -2.05. The van der Waals surface area contributed by atoms with E-state index in [0.29, 0.717) is 43.4 Å². The van der Waals surface area contributed by atoms with E-state index in [0.717, 1.165) is 12.8 Å². The van der Waals surface area contributed by atoms with Crippen LogP contribution in [0.25, 0.3) is 10.2 Å². The minimum Gasteiger partial charge on any atom is -0.462 e. The number of thioether (sulfide) groups is 1. The van der Waals surface area contributed by atoms with E-state index in [-0.39, 0.29) is 12.2 Å². The van der Waals surface area contributed by atoms with Crippen molar-refractivity contribution in [3.63, 3.8) is 0 Å². The fraction of sp³-hybridized carbons (Fsp3) is 0.529. The SMILES string of the molecule is CCOC(=O)c1sc2nc(CSC(N)=NC3CCCC3)[nH]c(=O)c2c1C. The number of fused-ring (bicyclic) bond motifs is 1. The van der Waals surface area contributed by atoms with Crippen molar-refractivity contribution in [1.29, 1.82) is 0 Å². The van der Waals surface area contributed by atoms with Gasteiger partial charge in [0.05, 0.1) is 23.8 Å². The molecule has 0 spiro atoms. The Morgan fingerprint density at radius 2 is 2.19 bits per heavy atom. The highest BCUT2D eigenvalue weighted by atomic mass is 32.2. The molecule has 0 radical (unpaired) electrons. The third-order valence-corrected chi connectivity index (χ3v) is 6.29. The van der Waals surface area contributed by atoms with Gasteiger partial charge in [-0.2, -0.15) is 0 Å². The molecule has 0 saturated heterocycles. The highest BCUT2D eigenvalue weighted by molar-refractivity contribution is 8.13. The molecule has 140 valence electrons. The second-order valence-corrected chi connectivity index (χ2v) is 8.16. The lowest BCUT2D eigenvalue weighted by molar-refractivity contribution is 0.0531. The van der Waals surface area contributed by atoms with E-state index >= 15 is 0 Å². The summed E-state index contributed by atoms with van der Waals surface area (Å²) < 4.78 is 5.05. The third-order valence-electron chi connectivity index (χ3n) is 4.30. The zero-order valence-corrected chi connectivity index (χ0v) is 16.5. The van der Waals surface area contributed by atoms with Crippen molar-refractivity contribution in [1.82, 2.24) is 9.97 Å². The van der Waals surface area contributed by atoms with E-state index < -0.39 is 5.97 Å². The number of amidine groups is 1. The largest absolute Gasteiger partial charge is 0.462 e. The number of aryl methyl sites for hydroxylation is 1. The number of nitrogens with two attached hydrogens (primary N) is 1. The Bertz CT molecular complexity index is 897. The molecule has 0 unspecified atom stereocenters. The number of aromatic amines is 1. The van der Waals surface area contributed by atoms with Gasteiger partial charge in [-0.15, -0.1) is 11.3 Å². The van der Waals surface area contributed by atoms with Gasteiger partial charge in [0, 0.05) is 0 Å². The lowest BCUT2D eigenvalue weighted by Crippen LogP contribution is -2.14. The first-order chi connectivity index (χ1) is 12.5. The standard InChI is InChI=1S/C17H22N4O3S2/c1-3-24-16(23)13-9(2)12-14(22)20-11(21-15(12)26-13)8-25-17(18)19-10-6-4-5-7-10/h10H,3-8H2,1-2H3,(H2,18,19)(H,20,21,22). The Hall–Kier alpha value is -1.87. The molecular formula is C17H22N4O3S2. The van der Waals surface area contributed by atoms with Gasteiger partial charge in [-0.05, 0) is 32.3 Å². The zero-order chi connectivity index (χ0) is 18.7. The Morgan fingerprint density at radius 1 is 1.46 bits per heavy atom. The number of nitrogens with zero attached hydrogens (tertiary/aromatic N) is 2. The number of carbonyl (C=O) groups excluding carboxylic acids is 1. The van der Waals surface area contributed by atoms with Crippen molar-refractivity contribution in [2.24, 2.45) is 10.7 Å². The molecule has 2 heterocycles. The number of hydrogen-bond donors (Lipinski definition) is 2. The van der Waals surface area contributed by atoms with Gasteiger partial charge in [-0.25, -0.2) is 9.78 Å². The quantitative estimate of drug-likeness (QED) is 0.458. The molecule has 26 heavy (non-hydrogen) atoms. The lowest BCUT2D eigenvalue weighted by atomic mass is 10.2. The molecule has 2 aromatic heterocycles. The monoisotopic (exact) mass is 394 g/mol. The summed E-state index contributed by atoms with van der Waals surface area (Å²) in [5, 5.41) is 0.966. The maximum absolute atomic E-state index is 12.4. The number of hydrogen-bond acceptors (Lipinski definition) is 7. The molecule has 1 fully saturated rings. The van der Waals surface area contributed by atoms with Crippen LogP contribution < -0.4 is 11.3 Å². The minimum atomic E-state index is -0.420. The molecule has 0 aromatic carbocycles. The number of rotatable bonds is 5. The molecule has 3 rings (SSSR count). The van der Waals surface area contributed by atoms with Crippen molar-refractivity contribution in [2.75, 3.05) is 6.61 Å². The van der Waals surface area contributed by atoms with E-state index in [1.54, 1.807) is 13.8 Å². The maximum Gasteiger partial charge on any atom is 0.348 e. The van der Waals surface area contributed by atoms with Crippen LogP contribution in [0.4, 0.5) is 0 Å². The molecule has 2 aromatic rings. The van der Waals surface area contributed by atoms with E-state index in [1.165, 1.54) is 35.9 Å². The molecule has 1 aliphatic carbocycles. The van der Waals surface area contributed by atoms with Gasteiger partial charge in [0.2, 0.25) is 0 Å². The van der Waals surface area contributed by atoms with Crippen LogP contribution >= 0.6 is 23.1 Å². The first kappa shape index (κ1) is 18.9. The van der Waals surface area contributed by atoms with Crippen molar-refractivity contribution >= 4 is 44.5 Å². The number of thiophene rings is 1. The number of esters is 1. The second-order valence-electron chi connectivity index (χ2n) is 6.16. The van der Waals surface area contributed by atoms with Crippen LogP contribution in [0.3, 0.4) is 0 Å². The van der Waals surface area contributed by atoms with Gasteiger partial charge < -0.3 is 15.5 Å². The summed E-state index contributed by atoms with van der Waals surface area (Å²) in [5.74, 6) is 0.531. The molecule has 0 aliphatic heterocycles. The number of aliphatic imine (C=N–C) groups is 1. The maximum atomic E-state index is 12.4. The number of H-pyrrole nitrogens is 1. The van der Waals surface area contributed by atoms with Crippen LogP contribution in [-0.2, 0) is 10.5 Å². The second kappa shape index (κ2) is 8.22. The fourth-order valence-electron chi connectivity index (χ4n) is 3.04. The van der Waals surface area contributed by atoms with Crippen LogP contribution in [0.2, 0.25) is 0 Å². The Morgan fingerprint density at radius 3 is 2.88 bits per heavy atom. The molecule has 3 N–H and O–H groups in total. The van der Waals surface area contributed by atoms with E-state index in [1.807, 2.05) is 0 Å². The van der Waals surface area contributed by atoms with Crippen molar-refractivity contribution in [3.05, 3.63) is 26.6 Å². The molecule has 7 nitrogen and oxygen atoms in total. The zero-order valence-electron chi connectivity index (χ0n) is 14.8. The first-order valence-corrected chi connectivity index (χ1v) is 10.4. The number of ether oxygens (including phenoxy) is 1. The summed E-state index contributed by atoms with van der Waals surface area (Å²) in [6.07, 6.45) is 4.59. The number of carbonyl (C=O) groups is 1. The summed E-state index contributed by atoms with van der Waals surface area (Å²) in [6, 6.07) is 0.323. The van der Waals surface area contributed by atoms with Crippen molar-refractivity contribution < 1.29 is 9.53 Å². The molecule has 1 aliphatic rings. The molecule has 9 heteroatoms. The van der Waals surface area contributed by atoms with Crippen LogP contribution in [0, 0.1) is 6.92 Å². The number of nitrogens with one attached hydrogen (secondary N) is 1. The molecule has 0 amide bonds. The Labute approximate surface area is 159 Å². The smallest absolute Gasteiger partial charge is 0.348 e. The van der Waals surface area contributed by atoms with Gasteiger partial charge in [0.1, 0.15) is 15.5 Å². The predicted octanol–water partition coefficient (Wildman–Crippen LogP) is 2.96. The van der Waals surface area contributed by atoms with Crippen LogP contribution in [-0.4, -0.2) is 33.8 Å². The Kier molecular flexibility index (Phi) is 5.98. The van der Waals surface area contributed by atoms with Gasteiger partial charge in [0.15, 0.2) is 5.17 Å². The summed E-state index contributed by atoms with van der Waals surface area (Å²) in [5.41, 5.74) is 6.35. The average molecular weight is 395 g/mol.